The molecule has 0 aromatic carbocycles. The van der Waals surface area contributed by atoms with Gasteiger partial charge >= 0.3 is 5.69 Å². The van der Waals surface area contributed by atoms with Crippen LogP contribution in [0.1, 0.15) is 6.42 Å². The van der Waals surface area contributed by atoms with Crippen LogP contribution in [0.3, 0.4) is 0 Å². The number of hydrazine groups is 1. The third kappa shape index (κ3) is 2.49. The fraction of sp³-hybridized carbons (Fsp3) is 0.500. The first kappa shape index (κ1) is 12.9. The molecule has 0 saturated carbocycles. The lowest BCUT2D eigenvalue weighted by Crippen LogP contribution is -2.32. The summed E-state index contributed by atoms with van der Waals surface area (Å²) in [5.41, 5.74) is 2.42. The van der Waals surface area contributed by atoms with Gasteiger partial charge in [0.25, 0.3) is 0 Å². The molecule has 1 aliphatic heterocycles. The van der Waals surface area contributed by atoms with Crippen molar-refractivity contribution in [2.24, 2.45) is 5.84 Å². The lowest BCUT2D eigenvalue weighted by molar-refractivity contribution is -0.384. The van der Waals surface area contributed by atoms with Gasteiger partial charge in [-0.2, -0.15) is 11.8 Å². The molecule has 1 aliphatic rings. The molecule has 8 heteroatoms. The van der Waals surface area contributed by atoms with Crippen LogP contribution in [0.5, 0.6) is 0 Å². The van der Waals surface area contributed by atoms with Crippen LogP contribution < -0.4 is 16.2 Å². The second kappa shape index (κ2) is 5.40. The number of nitrogens with zero attached hydrogens (tertiary/aromatic N) is 3. The Morgan fingerprint density at radius 2 is 2.44 bits per heavy atom. The molecule has 1 atom stereocenters. The van der Waals surface area contributed by atoms with E-state index in [0.717, 1.165) is 17.9 Å². The van der Waals surface area contributed by atoms with Crippen LogP contribution in [0, 0.1) is 10.1 Å². The number of rotatable bonds is 4. The Hall–Kier alpha value is -1.54. The first-order valence-corrected chi connectivity index (χ1v) is 6.71. The second-order valence-corrected chi connectivity index (χ2v) is 5.22. The maximum atomic E-state index is 11.0. The van der Waals surface area contributed by atoms with Crippen molar-refractivity contribution in [3.63, 3.8) is 0 Å². The van der Waals surface area contributed by atoms with Crippen molar-refractivity contribution in [2.45, 2.75) is 12.5 Å². The van der Waals surface area contributed by atoms with E-state index in [2.05, 4.69) is 10.4 Å². The van der Waals surface area contributed by atoms with Crippen molar-refractivity contribution >= 4 is 29.1 Å². The normalized spacial score (nSPS) is 18.7. The zero-order valence-corrected chi connectivity index (χ0v) is 10.8. The smallest absolute Gasteiger partial charge is 0.311 e. The highest BCUT2D eigenvalue weighted by atomic mass is 32.2. The molecule has 1 aromatic rings. The summed E-state index contributed by atoms with van der Waals surface area (Å²) in [6.07, 6.45) is 1.01. The maximum Gasteiger partial charge on any atom is 0.311 e. The predicted molar refractivity (Wildman–Crippen MR) is 72.8 cm³/mol. The van der Waals surface area contributed by atoms with Crippen LogP contribution in [0.15, 0.2) is 12.1 Å². The Kier molecular flexibility index (Phi) is 3.87. The minimum atomic E-state index is -0.415. The molecule has 1 unspecified atom stereocenters. The van der Waals surface area contributed by atoms with Crippen molar-refractivity contribution in [3.05, 3.63) is 22.2 Å². The van der Waals surface area contributed by atoms with Gasteiger partial charge < -0.3 is 10.3 Å². The Balaban J connectivity index is 2.35. The minimum Gasteiger partial charge on any atom is -0.350 e. The van der Waals surface area contributed by atoms with Crippen LogP contribution in [-0.2, 0) is 0 Å². The average Bonchev–Trinajstić information content (AvgIpc) is 2.90. The summed E-state index contributed by atoms with van der Waals surface area (Å²) in [7, 11) is 1.84. The summed E-state index contributed by atoms with van der Waals surface area (Å²) in [6, 6.07) is 3.21. The van der Waals surface area contributed by atoms with Crippen LogP contribution in [-0.4, -0.2) is 34.5 Å². The van der Waals surface area contributed by atoms with Gasteiger partial charge in [0.15, 0.2) is 0 Å². The number of hydrogen-bond donors (Lipinski definition) is 2. The van der Waals surface area contributed by atoms with Crippen molar-refractivity contribution in [2.75, 3.05) is 28.9 Å². The van der Waals surface area contributed by atoms with E-state index >= 15 is 0 Å². The van der Waals surface area contributed by atoms with Gasteiger partial charge in [0.1, 0.15) is 5.82 Å². The number of nitro groups is 1. The standard InChI is InChI=1S/C10H15N5O2S/c1-14(7-4-5-18-6-7)10-8(15(16)17)2-3-9(12-10)13-11/h2-3,7H,4-6,11H2,1H3,(H,12,13). The number of nitrogen functional groups attached to an aromatic ring is 1. The van der Waals surface area contributed by atoms with Crippen LogP contribution in [0.25, 0.3) is 0 Å². The second-order valence-electron chi connectivity index (χ2n) is 4.07. The van der Waals surface area contributed by atoms with E-state index in [0.29, 0.717) is 11.6 Å². The lowest BCUT2D eigenvalue weighted by atomic mass is 10.2. The summed E-state index contributed by atoms with van der Waals surface area (Å²) in [5, 5.41) is 11.0. The van der Waals surface area contributed by atoms with Gasteiger partial charge in [0.2, 0.25) is 5.82 Å². The molecule has 0 spiro atoms. The van der Waals surface area contributed by atoms with Gasteiger partial charge in [-0.1, -0.05) is 0 Å². The van der Waals surface area contributed by atoms with Gasteiger partial charge in [-0.05, 0) is 18.2 Å². The third-order valence-electron chi connectivity index (χ3n) is 2.99. The molecule has 18 heavy (non-hydrogen) atoms. The van der Waals surface area contributed by atoms with Gasteiger partial charge in [-0.3, -0.25) is 10.1 Å². The number of nitrogens with two attached hydrogens (primary N) is 1. The monoisotopic (exact) mass is 269 g/mol. The molecule has 7 nitrogen and oxygen atoms in total. The largest absolute Gasteiger partial charge is 0.350 e. The molecule has 1 saturated heterocycles. The topological polar surface area (TPSA) is 97.3 Å². The Morgan fingerprint density at radius 1 is 1.67 bits per heavy atom. The van der Waals surface area contributed by atoms with Crippen molar-refractivity contribution in [3.8, 4) is 0 Å². The molecule has 2 heterocycles. The average molecular weight is 269 g/mol. The highest BCUT2D eigenvalue weighted by molar-refractivity contribution is 7.99. The van der Waals surface area contributed by atoms with E-state index < -0.39 is 4.92 Å². The minimum absolute atomic E-state index is 0.00778. The number of pyridine rings is 1. The van der Waals surface area contributed by atoms with E-state index in [1.54, 1.807) is 0 Å². The Morgan fingerprint density at radius 3 is 3.00 bits per heavy atom. The molecule has 0 bridgehead atoms. The van der Waals surface area contributed by atoms with Crippen molar-refractivity contribution < 1.29 is 4.92 Å². The summed E-state index contributed by atoms with van der Waals surface area (Å²) in [6.45, 7) is 0. The van der Waals surface area contributed by atoms with Gasteiger partial charge in [-0.25, -0.2) is 10.8 Å². The SMILES string of the molecule is CN(c1nc(NN)ccc1[N+](=O)[O-])C1CCSC1. The van der Waals surface area contributed by atoms with Gasteiger partial charge in [-0.15, -0.1) is 0 Å². The number of anilines is 2. The van der Waals surface area contributed by atoms with Crippen molar-refractivity contribution in [1.29, 1.82) is 0 Å². The number of hydrogen-bond acceptors (Lipinski definition) is 7. The highest BCUT2D eigenvalue weighted by Gasteiger charge is 2.27. The van der Waals surface area contributed by atoms with E-state index in [1.807, 2.05) is 23.7 Å². The molecule has 1 fully saturated rings. The van der Waals surface area contributed by atoms with E-state index in [9.17, 15) is 10.1 Å². The van der Waals surface area contributed by atoms with Crippen LogP contribution in [0.4, 0.5) is 17.3 Å². The van der Waals surface area contributed by atoms with Crippen LogP contribution in [0.2, 0.25) is 0 Å². The molecular formula is C10H15N5O2S. The molecule has 2 rings (SSSR count). The van der Waals surface area contributed by atoms with Gasteiger partial charge in [0.05, 0.1) is 4.92 Å². The summed E-state index contributed by atoms with van der Waals surface area (Å²) in [4.78, 5) is 16.7. The quantitative estimate of drug-likeness (QED) is 0.481. The summed E-state index contributed by atoms with van der Waals surface area (Å²) in [5.74, 6) is 8.13. The Bertz CT molecular complexity index is 450. The number of aromatic nitrogens is 1. The summed E-state index contributed by atoms with van der Waals surface area (Å²) >= 11 is 1.85. The molecule has 3 N–H and O–H groups in total. The highest BCUT2D eigenvalue weighted by Crippen LogP contribution is 2.31. The zero-order chi connectivity index (χ0) is 13.1. The first-order chi connectivity index (χ1) is 8.63. The predicted octanol–water partition coefficient (Wildman–Crippen LogP) is 1.22. The zero-order valence-electron chi connectivity index (χ0n) is 10.00. The van der Waals surface area contributed by atoms with E-state index in [1.165, 1.54) is 12.1 Å². The van der Waals surface area contributed by atoms with E-state index in [4.69, 9.17) is 5.84 Å². The molecule has 0 radical (unpaired) electrons. The fourth-order valence-corrected chi connectivity index (χ4v) is 3.19. The molecule has 0 amide bonds. The number of nitrogens with one attached hydrogen (secondary N) is 1. The third-order valence-corrected chi connectivity index (χ3v) is 4.13. The molecule has 1 aromatic heterocycles. The van der Waals surface area contributed by atoms with Gasteiger partial charge in [0, 0.05) is 24.9 Å². The van der Waals surface area contributed by atoms with E-state index in [-0.39, 0.29) is 11.7 Å². The fourth-order valence-electron chi connectivity index (χ4n) is 1.92. The summed E-state index contributed by atoms with van der Waals surface area (Å²) < 4.78 is 0. The first-order valence-electron chi connectivity index (χ1n) is 5.56. The Labute approximate surface area is 109 Å². The maximum absolute atomic E-state index is 11.0. The molecule has 98 valence electrons. The van der Waals surface area contributed by atoms with Crippen molar-refractivity contribution in [1.82, 2.24) is 4.98 Å². The molecule has 0 aliphatic carbocycles. The number of thioether (sulfide) groups is 1. The molecular weight excluding hydrogens is 254 g/mol. The van der Waals surface area contributed by atoms with Crippen LogP contribution >= 0.6 is 11.8 Å². The lowest BCUT2D eigenvalue weighted by Gasteiger charge is -2.24.